The predicted molar refractivity (Wildman–Crippen MR) is 100.0 cm³/mol. The number of carbonyl (C=O) groups excluding carboxylic acids is 2. The van der Waals surface area contributed by atoms with Crippen LogP contribution in [0.5, 0.6) is 0 Å². The zero-order valence-electron chi connectivity index (χ0n) is 15.9. The van der Waals surface area contributed by atoms with Crippen molar-refractivity contribution < 1.29 is 14.3 Å². The molecule has 1 amide bonds. The highest BCUT2D eigenvalue weighted by molar-refractivity contribution is 6.00. The zero-order valence-corrected chi connectivity index (χ0v) is 15.9. The normalized spacial score (nSPS) is 24.4. The van der Waals surface area contributed by atoms with Crippen molar-refractivity contribution in [1.29, 1.82) is 0 Å². The fourth-order valence-electron chi connectivity index (χ4n) is 4.12. The van der Waals surface area contributed by atoms with Gasteiger partial charge in [-0.25, -0.2) is 4.99 Å². The topological polar surface area (TPSA) is 85.0 Å². The Balaban J connectivity index is 2.05. The minimum atomic E-state index is -0.402. The van der Waals surface area contributed by atoms with Crippen LogP contribution in [0.2, 0.25) is 0 Å². The number of rotatable bonds is 5. The van der Waals surface area contributed by atoms with Gasteiger partial charge in [-0.3, -0.25) is 14.5 Å². The lowest BCUT2D eigenvalue weighted by Crippen LogP contribution is -2.52. The Morgan fingerprint density at radius 2 is 2.04 bits per heavy atom. The first-order chi connectivity index (χ1) is 12.4. The van der Waals surface area contributed by atoms with E-state index < -0.39 is 5.54 Å². The van der Waals surface area contributed by atoms with Gasteiger partial charge >= 0.3 is 0 Å². The number of amides is 1. The standard InChI is InChI=1S/C20H27N3O3/c1-5-20(6-2)11-18(25)23(19(21)22-20)16-10-17(26-4)14-8-7-13(12(3)24)9-15(14)16/h7-9,16-17H,5-6,10-11H2,1-4H3,(H2,21,22). The molecule has 1 aliphatic carbocycles. The van der Waals surface area contributed by atoms with Crippen LogP contribution in [-0.4, -0.2) is 35.2 Å². The molecule has 0 spiro atoms. The van der Waals surface area contributed by atoms with E-state index in [0.717, 1.165) is 24.0 Å². The van der Waals surface area contributed by atoms with E-state index in [1.807, 2.05) is 32.0 Å². The maximum absolute atomic E-state index is 13.0. The lowest BCUT2D eigenvalue weighted by Gasteiger charge is -2.39. The highest BCUT2D eigenvalue weighted by Gasteiger charge is 2.44. The van der Waals surface area contributed by atoms with Crippen molar-refractivity contribution in [3.05, 3.63) is 34.9 Å². The Bertz CT molecular complexity index is 768. The first kappa shape index (κ1) is 18.6. The van der Waals surface area contributed by atoms with E-state index in [1.54, 1.807) is 12.0 Å². The second-order valence-corrected chi connectivity index (χ2v) is 7.22. The molecule has 0 fully saturated rings. The molecule has 2 aliphatic rings. The second kappa shape index (κ2) is 6.83. The maximum atomic E-state index is 13.0. The van der Waals surface area contributed by atoms with Gasteiger partial charge in [-0.2, -0.15) is 0 Å². The van der Waals surface area contributed by atoms with E-state index in [1.165, 1.54) is 6.92 Å². The predicted octanol–water partition coefficient (Wildman–Crippen LogP) is 3.13. The summed E-state index contributed by atoms with van der Waals surface area (Å²) in [6, 6.07) is 5.34. The molecule has 0 bridgehead atoms. The van der Waals surface area contributed by atoms with Crippen molar-refractivity contribution in [2.24, 2.45) is 10.7 Å². The largest absolute Gasteiger partial charge is 0.377 e. The highest BCUT2D eigenvalue weighted by Crippen LogP contribution is 2.46. The van der Waals surface area contributed by atoms with Crippen LogP contribution in [0.1, 0.15) is 80.1 Å². The minimum absolute atomic E-state index is 0.00462. The summed E-state index contributed by atoms with van der Waals surface area (Å²) in [5.74, 6) is 0.253. The van der Waals surface area contributed by atoms with Gasteiger partial charge in [0.05, 0.1) is 24.1 Å². The number of benzene rings is 1. The Labute approximate surface area is 154 Å². The van der Waals surface area contributed by atoms with Crippen LogP contribution in [0.25, 0.3) is 0 Å². The number of Topliss-reactive ketones (excluding diaryl/α,β-unsaturated/α-hetero) is 1. The van der Waals surface area contributed by atoms with Crippen LogP contribution in [0.4, 0.5) is 0 Å². The number of hydrogen-bond donors (Lipinski definition) is 1. The summed E-state index contributed by atoms with van der Waals surface area (Å²) in [4.78, 5) is 31.1. The van der Waals surface area contributed by atoms with Gasteiger partial charge in [0, 0.05) is 19.1 Å². The van der Waals surface area contributed by atoms with Crippen molar-refractivity contribution >= 4 is 17.6 Å². The summed E-state index contributed by atoms with van der Waals surface area (Å²) in [5, 5.41) is 0. The second-order valence-electron chi connectivity index (χ2n) is 7.22. The van der Waals surface area contributed by atoms with Gasteiger partial charge in [-0.1, -0.05) is 26.0 Å². The number of nitrogens with two attached hydrogens (primary N) is 1. The third-order valence-electron chi connectivity index (χ3n) is 5.90. The van der Waals surface area contributed by atoms with E-state index in [2.05, 4.69) is 0 Å². The van der Waals surface area contributed by atoms with Crippen LogP contribution in [-0.2, 0) is 9.53 Å². The molecule has 0 aromatic heterocycles. The Hall–Kier alpha value is -2.21. The number of carbonyl (C=O) groups is 2. The van der Waals surface area contributed by atoms with Crippen LogP contribution in [0.3, 0.4) is 0 Å². The Morgan fingerprint density at radius 1 is 1.35 bits per heavy atom. The molecule has 2 N–H and O–H groups in total. The first-order valence-electron chi connectivity index (χ1n) is 9.20. The van der Waals surface area contributed by atoms with E-state index >= 15 is 0 Å². The molecular weight excluding hydrogens is 330 g/mol. The summed E-state index contributed by atoms with van der Waals surface area (Å²) in [6.07, 6.45) is 2.40. The number of hydrogen-bond acceptors (Lipinski definition) is 5. The minimum Gasteiger partial charge on any atom is -0.377 e. The van der Waals surface area contributed by atoms with E-state index in [4.69, 9.17) is 15.5 Å². The van der Waals surface area contributed by atoms with Gasteiger partial charge in [-0.05, 0) is 37.0 Å². The molecule has 2 atom stereocenters. The van der Waals surface area contributed by atoms with Crippen molar-refractivity contribution in [2.45, 2.75) is 64.1 Å². The molecule has 3 rings (SSSR count). The molecule has 1 aromatic carbocycles. The fraction of sp³-hybridized carbons (Fsp3) is 0.550. The molecule has 1 heterocycles. The number of nitrogens with zero attached hydrogens (tertiary/aromatic N) is 2. The quantitative estimate of drug-likeness (QED) is 0.821. The smallest absolute Gasteiger partial charge is 0.232 e. The number of methoxy groups -OCH3 is 1. The third-order valence-corrected chi connectivity index (χ3v) is 5.90. The average molecular weight is 357 g/mol. The van der Waals surface area contributed by atoms with Gasteiger partial charge in [0.15, 0.2) is 11.7 Å². The third kappa shape index (κ3) is 2.92. The summed E-state index contributed by atoms with van der Waals surface area (Å²) in [6.45, 7) is 5.61. The first-order valence-corrected chi connectivity index (χ1v) is 9.20. The highest BCUT2D eigenvalue weighted by atomic mass is 16.5. The summed E-state index contributed by atoms with van der Waals surface area (Å²) in [5.41, 5.74) is 8.42. The van der Waals surface area contributed by atoms with E-state index in [0.29, 0.717) is 18.4 Å². The number of ketones is 1. The number of guanidine groups is 1. The summed E-state index contributed by atoms with van der Waals surface area (Å²) < 4.78 is 5.61. The van der Waals surface area contributed by atoms with Crippen molar-refractivity contribution in [2.75, 3.05) is 7.11 Å². The lowest BCUT2D eigenvalue weighted by molar-refractivity contribution is -0.131. The lowest BCUT2D eigenvalue weighted by atomic mass is 9.87. The molecule has 1 aliphatic heterocycles. The SMILES string of the molecule is CCC1(CC)CC(=O)N(C2CC(OC)c3ccc(C(C)=O)cc32)C(N)=N1. The molecular formula is C20H27N3O3. The number of aliphatic imine (C=N–C) groups is 1. The average Bonchev–Trinajstić information content (AvgIpc) is 2.98. The fourth-order valence-corrected chi connectivity index (χ4v) is 4.12. The zero-order chi connectivity index (χ0) is 19.1. The van der Waals surface area contributed by atoms with Gasteiger partial charge in [0.1, 0.15) is 0 Å². The monoisotopic (exact) mass is 357 g/mol. The van der Waals surface area contributed by atoms with Crippen LogP contribution in [0, 0.1) is 0 Å². The maximum Gasteiger partial charge on any atom is 0.232 e. The van der Waals surface area contributed by atoms with E-state index in [9.17, 15) is 9.59 Å². The Kier molecular flexibility index (Phi) is 4.88. The van der Waals surface area contributed by atoms with Gasteiger partial charge in [-0.15, -0.1) is 0 Å². The van der Waals surface area contributed by atoms with Crippen LogP contribution >= 0.6 is 0 Å². The molecule has 2 unspecified atom stereocenters. The molecule has 6 heteroatoms. The molecule has 6 nitrogen and oxygen atoms in total. The number of fused-ring (bicyclic) bond motifs is 1. The molecule has 0 saturated carbocycles. The molecule has 1 aromatic rings. The molecule has 0 radical (unpaired) electrons. The number of ether oxygens (including phenoxy) is 1. The Morgan fingerprint density at radius 3 is 2.58 bits per heavy atom. The summed E-state index contributed by atoms with van der Waals surface area (Å²) >= 11 is 0. The molecule has 140 valence electrons. The van der Waals surface area contributed by atoms with Crippen LogP contribution in [0.15, 0.2) is 23.2 Å². The molecule has 0 saturated heterocycles. The van der Waals surface area contributed by atoms with Crippen LogP contribution < -0.4 is 5.73 Å². The van der Waals surface area contributed by atoms with Gasteiger partial charge in [0.2, 0.25) is 5.91 Å². The van der Waals surface area contributed by atoms with Gasteiger partial charge < -0.3 is 10.5 Å². The van der Waals surface area contributed by atoms with Crippen molar-refractivity contribution in [1.82, 2.24) is 4.90 Å². The van der Waals surface area contributed by atoms with Gasteiger partial charge in [0.25, 0.3) is 0 Å². The summed E-state index contributed by atoms with van der Waals surface area (Å²) in [7, 11) is 1.66. The molecule has 26 heavy (non-hydrogen) atoms. The van der Waals surface area contributed by atoms with Crippen molar-refractivity contribution in [3.8, 4) is 0 Å². The van der Waals surface area contributed by atoms with E-state index in [-0.39, 0.29) is 29.8 Å². The van der Waals surface area contributed by atoms with Crippen molar-refractivity contribution in [3.63, 3.8) is 0 Å².